The SMILES string of the molecule is Cc1ccc(CN(CC(=O)N2CCOc3ccccc32)S(=O)(=O)c2ccc(Br)cc2)cc1. The van der Waals surface area contributed by atoms with Crippen molar-refractivity contribution in [3.05, 3.63) is 88.4 Å². The van der Waals surface area contributed by atoms with Crippen LogP contribution in [0.1, 0.15) is 11.1 Å². The first-order valence-electron chi connectivity index (χ1n) is 10.2. The van der Waals surface area contributed by atoms with E-state index in [1.807, 2.05) is 43.3 Å². The van der Waals surface area contributed by atoms with Crippen molar-refractivity contribution in [1.82, 2.24) is 4.31 Å². The first-order chi connectivity index (χ1) is 15.3. The van der Waals surface area contributed by atoms with Gasteiger partial charge in [-0.2, -0.15) is 4.31 Å². The van der Waals surface area contributed by atoms with Crippen LogP contribution in [0.25, 0.3) is 0 Å². The van der Waals surface area contributed by atoms with Gasteiger partial charge in [-0.1, -0.05) is 57.9 Å². The molecule has 3 aromatic carbocycles. The summed E-state index contributed by atoms with van der Waals surface area (Å²) in [6.45, 7) is 2.52. The fraction of sp³-hybridized carbons (Fsp3) is 0.208. The minimum absolute atomic E-state index is 0.0937. The number of aryl methyl sites for hydroxylation is 1. The van der Waals surface area contributed by atoms with Crippen LogP contribution in [-0.2, 0) is 21.4 Å². The van der Waals surface area contributed by atoms with Crippen LogP contribution >= 0.6 is 15.9 Å². The smallest absolute Gasteiger partial charge is 0.243 e. The first kappa shape index (κ1) is 22.5. The summed E-state index contributed by atoms with van der Waals surface area (Å²) in [5.74, 6) is 0.321. The molecule has 0 N–H and O–H groups in total. The van der Waals surface area contributed by atoms with Gasteiger partial charge < -0.3 is 9.64 Å². The van der Waals surface area contributed by atoms with Crippen LogP contribution in [0.2, 0.25) is 0 Å². The molecule has 0 bridgehead atoms. The van der Waals surface area contributed by atoms with E-state index < -0.39 is 10.0 Å². The summed E-state index contributed by atoms with van der Waals surface area (Å²) >= 11 is 3.34. The maximum Gasteiger partial charge on any atom is 0.243 e. The van der Waals surface area contributed by atoms with E-state index in [1.165, 1.54) is 16.4 Å². The molecule has 0 spiro atoms. The van der Waals surface area contributed by atoms with Gasteiger partial charge in [0.15, 0.2) is 0 Å². The van der Waals surface area contributed by atoms with Gasteiger partial charge in [0.2, 0.25) is 15.9 Å². The van der Waals surface area contributed by atoms with Crippen LogP contribution in [0, 0.1) is 6.92 Å². The summed E-state index contributed by atoms with van der Waals surface area (Å²) in [5.41, 5.74) is 2.55. The topological polar surface area (TPSA) is 66.9 Å². The van der Waals surface area contributed by atoms with Gasteiger partial charge in [-0.25, -0.2) is 8.42 Å². The number of para-hydroxylation sites is 2. The normalized spacial score (nSPS) is 13.5. The molecule has 1 heterocycles. The lowest BCUT2D eigenvalue weighted by atomic mass is 10.1. The van der Waals surface area contributed by atoms with Crippen molar-refractivity contribution < 1.29 is 17.9 Å². The van der Waals surface area contributed by atoms with Crippen LogP contribution in [0.4, 0.5) is 5.69 Å². The zero-order valence-corrected chi connectivity index (χ0v) is 20.0. The number of anilines is 1. The largest absolute Gasteiger partial charge is 0.490 e. The Labute approximate surface area is 196 Å². The molecule has 1 aliphatic heterocycles. The molecule has 4 rings (SSSR count). The lowest BCUT2D eigenvalue weighted by Gasteiger charge is -2.31. The number of hydrogen-bond donors (Lipinski definition) is 0. The minimum Gasteiger partial charge on any atom is -0.490 e. The third-order valence-corrected chi connectivity index (χ3v) is 7.61. The number of carbonyl (C=O) groups excluding carboxylic acids is 1. The predicted octanol–water partition coefficient (Wildman–Crippen LogP) is 4.37. The highest BCUT2D eigenvalue weighted by atomic mass is 79.9. The second-order valence-corrected chi connectivity index (χ2v) is 10.4. The summed E-state index contributed by atoms with van der Waals surface area (Å²) in [6, 6.07) is 21.3. The van der Waals surface area contributed by atoms with Crippen molar-refractivity contribution >= 4 is 37.5 Å². The van der Waals surface area contributed by atoms with Gasteiger partial charge in [-0.3, -0.25) is 4.79 Å². The average Bonchev–Trinajstić information content (AvgIpc) is 2.80. The van der Waals surface area contributed by atoms with E-state index in [2.05, 4.69) is 15.9 Å². The van der Waals surface area contributed by atoms with E-state index in [-0.39, 0.29) is 23.9 Å². The van der Waals surface area contributed by atoms with Gasteiger partial charge in [0.1, 0.15) is 12.4 Å². The van der Waals surface area contributed by atoms with E-state index in [4.69, 9.17) is 4.74 Å². The number of ether oxygens (including phenoxy) is 1. The minimum atomic E-state index is -3.90. The van der Waals surface area contributed by atoms with Gasteiger partial charge in [0.25, 0.3) is 0 Å². The Morgan fingerprint density at radius 2 is 1.72 bits per heavy atom. The van der Waals surface area contributed by atoms with Crippen LogP contribution in [-0.4, -0.2) is 38.3 Å². The average molecular weight is 515 g/mol. The van der Waals surface area contributed by atoms with Gasteiger partial charge in [-0.15, -0.1) is 0 Å². The second-order valence-electron chi connectivity index (χ2n) is 7.57. The van der Waals surface area contributed by atoms with E-state index in [9.17, 15) is 13.2 Å². The molecule has 0 aliphatic carbocycles. The molecular weight excluding hydrogens is 492 g/mol. The molecule has 0 unspecified atom stereocenters. The fourth-order valence-electron chi connectivity index (χ4n) is 3.54. The highest BCUT2D eigenvalue weighted by Gasteiger charge is 2.31. The number of benzene rings is 3. The summed E-state index contributed by atoms with van der Waals surface area (Å²) in [4.78, 5) is 15.0. The second kappa shape index (κ2) is 9.44. The van der Waals surface area contributed by atoms with Crippen molar-refractivity contribution in [2.75, 3.05) is 24.6 Å². The van der Waals surface area contributed by atoms with E-state index in [1.54, 1.807) is 29.2 Å². The maximum absolute atomic E-state index is 13.5. The fourth-order valence-corrected chi connectivity index (χ4v) is 5.19. The van der Waals surface area contributed by atoms with Crippen molar-refractivity contribution in [3.63, 3.8) is 0 Å². The van der Waals surface area contributed by atoms with Crippen molar-refractivity contribution in [1.29, 1.82) is 0 Å². The molecule has 8 heteroatoms. The van der Waals surface area contributed by atoms with Crippen molar-refractivity contribution in [3.8, 4) is 5.75 Å². The Hall–Kier alpha value is -2.68. The lowest BCUT2D eigenvalue weighted by Crippen LogP contribution is -2.45. The van der Waals surface area contributed by atoms with E-state index in [0.29, 0.717) is 24.6 Å². The highest BCUT2D eigenvalue weighted by Crippen LogP contribution is 2.31. The zero-order valence-electron chi connectivity index (χ0n) is 17.6. The molecule has 1 amide bonds. The Morgan fingerprint density at radius 3 is 2.44 bits per heavy atom. The third kappa shape index (κ3) is 4.87. The molecule has 166 valence electrons. The van der Waals surface area contributed by atoms with Crippen LogP contribution in [0.15, 0.2) is 82.2 Å². The number of halogens is 1. The maximum atomic E-state index is 13.5. The monoisotopic (exact) mass is 514 g/mol. The Kier molecular flexibility index (Phi) is 6.64. The van der Waals surface area contributed by atoms with Gasteiger partial charge in [-0.05, 0) is 48.9 Å². The first-order valence-corrected chi connectivity index (χ1v) is 12.4. The summed E-state index contributed by atoms with van der Waals surface area (Å²) in [6.07, 6.45) is 0. The number of rotatable bonds is 6. The molecule has 0 saturated carbocycles. The zero-order chi connectivity index (χ0) is 22.7. The van der Waals surface area contributed by atoms with Gasteiger partial charge in [0, 0.05) is 11.0 Å². The number of amides is 1. The lowest BCUT2D eigenvalue weighted by molar-refractivity contribution is -0.119. The van der Waals surface area contributed by atoms with E-state index in [0.717, 1.165) is 15.6 Å². The molecular formula is C24H23BrN2O4S. The van der Waals surface area contributed by atoms with Crippen molar-refractivity contribution in [2.24, 2.45) is 0 Å². The number of nitrogens with zero attached hydrogens (tertiary/aromatic N) is 2. The van der Waals surface area contributed by atoms with E-state index >= 15 is 0 Å². The number of carbonyl (C=O) groups is 1. The molecule has 3 aromatic rings. The molecule has 32 heavy (non-hydrogen) atoms. The molecule has 0 atom stereocenters. The standard InChI is InChI=1S/C24H23BrN2O4S/c1-18-6-8-19(9-7-18)16-26(32(29,30)21-12-10-20(25)11-13-21)17-24(28)27-14-15-31-23-5-3-2-4-22(23)27/h2-13H,14-17H2,1H3. The third-order valence-electron chi connectivity index (χ3n) is 5.27. The summed E-state index contributed by atoms with van der Waals surface area (Å²) in [7, 11) is -3.90. The Morgan fingerprint density at radius 1 is 1.03 bits per heavy atom. The van der Waals surface area contributed by atoms with Crippen molar-refractivity contribution in [2.45, 2.75) is 18.4 Å². The number of sulfonamides is 1. The van der Waals surface area contributed by atoms with Crippen LogP contribution in [0.5, 0.6) is 5.75 Å². The molecule has 6 nitrogen and oxygen atoms in total. The predicted molar refractivity (Wildman–Crippen MR) is 127 cm³/mol. The number of hydrogen-bond acceptors (Lipinski definition) is 4. The summed E-state index contributed by atoms with van der Waals surface area (Å²) in [5, 5.41) is 0. The number of fused-ring (bicyclic) bond motifs is 1. The molecule has 0 aromatic heterocycles. The Bertz CT molecular complexity index is 1210. The van der Waals surface area contributed by atoms with Crippen LogP contribution < -0.4 is 9.64 Å². The van der Waals surface area contributed by atoms with Crippen LogP contribution in [0.3, 0.4) is 0 Å². The quantitative estimate of drug-likeness (QED) is 0.489. The molecule has 1 aliphatic rings. The molecule has 0 saturated heterocycles. The molecule has 0 fully saturated rings. The van der Waals surface area contributed by atoms with Gasteiger partial charge >= 0.3 is 0 Å². The summed E-state index contributed by atoms with van der Waals surface area (Å²) < 4.78 is 34.6. The van der Waals surface area contributed by atoms with Gasteiger partial charge in [0.05, 0.1) is 23.7 Å². The Balaban J connectivity index is 1.65. The molecule has 0 radical (unpaired) electrons. The highest BCUT2D eigenvalue weighted by molar-refractivity contribution is 9.10.